The molecule has 0 amide bonds. The van der Waals surface area contributed by atoms with E-state index < -0.39 is 45.7 Å². The van der Waals surface area contributed by atoms with Crippen molar-refractivity contribution >= 4 is 12.3 Å². The monoisotopic (exact) mass is 676 g/mol. The third-order valence-electron chi connectivity index (χ3n) is 8.90. The SMILES string of the molecule is CCC(COC(C)(C)CCO)(COC(C)(C)CCOC(C)(C)CC1COC(=O)O1)COC(C)(C)CCOC(C)(C)CC1COC(=O)O1. The molecule has 2 rings (SSSR count). The molecular weight excluding hydrogens is 612 g/mol. The molecule has 2 heterocycles. The summed E-state index contributed by atoms with van der Waals surface area (Å²) < 4.78 is 52.1. The third-order valence-corrected chi connectivity index (χ3v) is 8.90. The number of ether oxygens (including phenoxy) is 9. The first-order valence-electron chi connectivity index (χ1n) is 17.1. The van der Waals surface area contributed by atoms with Gasteiger partial charge in [-0.2, -0.15) is 0 Å². The first-order chi connectivity index (χ1) is 21.6. The fourth-order valence-electron chi connectivity index (χ4n) is 5.25. The van der Waals surface area contributed by atoms with Gasteiger partial charge in [0.15, 0.2) is 0 Å². The van der Waals surface area contributed by atoms with Crippen LogP contribution in [0.1, 0.15) is 115 Å². The lowest BCUT2D eigenvalue weighted by molar-refractivity contribution is -0.167. The predicted molar refractivity (Wildman–Crippen MR) is 175 cm³/mol. The van der Waals surface area contributed by atoms with E-state index in [2.05, 4.69) is 34.6 Å². The van der Waals surface area contributed by atoms with Crippen molar-refractivity contribution in [2.45, 2.75) is 155 Å². The fourth-order valence-corrected chi connectivity index (χ4v) is 5.25. The number of hydrogen-bond donors (Lipinski definition) is 1. The lowest BCUT2D eigenvalue weighted by atomic mass is 9.86. The van der Waals surface area contributed by atoms with Crippen LogP contribution in [0.3, 0.4) is 0 Å². The number of aliphatic hydroxyl groups excluding tert-OH is 1. The third kappa shape index (κ3) is 16.0. The Hall–Kier alpha value is -1.70. The smallest absolute Gasteiger partial charge is 0.430 e. The molecule has 12 nitrogen and oxygen atoms in total. The molecule has 0 aromatic rings. The molecule has 0 spiro atoms. The first kappa shape index (κ1) is 41.5. The van der Waals surface area contributed by atoms with Crippen LogP contribution in [0.25, 0.3) is 0 Å². The summed E-state index contributed by atoms with van der Waals surface area (Å²) >= 11 is 0. The van der Waals surface area contributed by atoms with Crippen molar-refractivity contribution in [3.63, 3.8) is 0 Å². The van der Waals surface area contributed by atoms with Gasteiger partial charge in [-0.1, -0.05) is 6.92 Å². The maximum atomic E-state index is 11.3. The van der Waals surface area contributed by atoms with Crippen LogP contribution >= 0.6 is 0 Å². The van der Waals surface area contributed by atoms with Crippen molar-refractivity contribution in [1.29, 1.82) is 0 Å². The molecule has 0 bridgehead atoms. The zero-order chi connectivity index (χ0) is 35.6. The number of hydrogen-bond acceptors (Lipinski definition) is 12. The van der Waals surface area contributed by atoms with Gasteiger partial charge >= 0.3 is 12.3 Å². The van der Waals surface area contributed by atoms with Gasteiger partial charge in [-0.3, -0.25) is 0 Å². The van der Waals surface area contributed by atoms with Crippen molar-refractivity contribution in [2.24, 2.45) is 5.41 Å². The lowest BCUT2D eigenvalue weighted by Crippen LogP contribution is -2.45. The van der Waals surface area contributed by atoms with E-state index >= 15 is 0 Å². The Morgan fingerprint density at radius 3 is 1.26 bits per heavy atom. The molecule has 0 aromatic carbocycles. The van der Waals surface area contributed by atoms with Crippen molar-refractivity contribution < 1.29 is 57.3 Å². The van der Waals surface area contributed by atoms with Crippen LogP contribution in [-0.4, -0.2) is 110 Å². The maximum Gasteiger partial charge on any atom is 0.508 e. The first-order valence-corrected chi connectivity index (χ1v) is 17.1. The minimum atomic E-state index is -0.631. The van der Waals surface area contributed by atoms with Crippen LogP contribution in [0.15, 0.2) is 0 Å². The Bertz CT molecular complexity index is 912. The fraction of sp³-hybridized carbons (Fsp3) is 0.943. The van der Waals surface area contributed by atoms with Gasteiger partial charge in [0.1, 0.15) is 25.4 Å². The second kappa shape index (κ2) is 17.3. The van der Waals surface area contributed by atoms with E-state index in [1.54, 1.807) is 0 Å². The van der Waals surface area contributed by atoms with E-state index in [0.717, 1.165) is 6.42 Å². The van der Waals surface area contributed by atoms with E-state index in [9.17, 15) is 14.7 Å². The predicted octanol–water partition coefficient (Wildman–Crippen LogP) is 6.37. The second-order valence-electron chi connectivity index (χ2n) is 16.2. The molecule has 0 radical (unpaired) electrons. The normalized spacial score (nSPS) is 20.9. The Morgan fingerprint density at radius 1 is 0.596 bits per heavy atom. The van der Waals surface area contributed by atoms with Crippen molar-refractivity contribution in [3.8, 4) is 0 Å². The molecule has 2 aliphatic heterocycles. The summed E-state index contributed by atoms with van der Waals surface area (Å²) in [5.74, 6) is 0. The standard InChI is InChI=1S/C35H64O12/c1-12-35(23-43-30(2,3)13-16-36,24-44-31(4,5)14-17-41-33(8,9)19-26-21-39-28(37)46-26)25-45-32(6,7)15-18-42-34(10,11)20-27-22-40-29(38)47-27/h26-27,36H,12-25H2,1-11H3. The Morgan fingerprint density at radius 2 is 0.957 bits per heavy atom. The highest BCUT2D eigenvalue weighted by Gasteiger charge is 2.38. The van der Waals surface area contributed by atoms with Crippen LogP contribution < -0.4 is 0 Å². The summed E-state index contributed by atoms with van der Waals surface area (Å²) in [5.41, 5.74) is -2.92. The summed E-state index contributed by atoms with van der Waals surface area (Å²) in [7, 11) is 0. The highest BCUT2D eigenvalue weighted by Crippen LogP contribution is 2.33. The summed E-state index contributed by atoms with van der Waals surface area (Å²) in [6.07, 6.45) is 1.79. The number of rotatable bonds is 24. The quantitative estimate of drug-likeness (QED) is 0.114. The number of carbonyl (C=O) groups excluding carboxylic acids is 2. The molecule has 0 aliphatic carbocycles. The zero-order valence-corrected chi connectivity index (χ0v) is 31.0. The molecule has 12 heteroatoms. The Labute approximate surface area is 282 Å². The molecule has 2 fully saturated rings. The van der Waals surface area contributed by atoms with E-state index in [4.69, 9.17) is 42.6 Å². The van der Waals surface area contributed by atoms with Gasteiger partial charge in [0.2, 0.25) is 0 Å². The van der Waals surface area contributed by atoms with Gasteiger partial charge in [-0.05, 0) is 94.9 Å². The van der Waals surface area contributed by atoms with Gasteiger partial charge in [-0.25, -0.2) is 9.59 Å². The molecule has 47 heavy (non-hydrogen) atoms. The van der Waals surface area contributed by atoms with Crippen LogP contribution in [0.4, 0.5) is 9.59 Å². The molecule has 276 valence electrons. The number of carbonyl (C=O) groups is 2. The van der Waals surface area contributed by atoms with Crippen molar-refractivity contribution in [3.05, 3.63) is 0 Å². The molecule has 2 atom stereocenters. The highest BCUT2D eigenvalue weighted by molar-refractivity contribution is 5.62. The molecule has 2 aliphatic rings. The van der Waals surface area contributed by atoms with Crippen LogP contribution in [0.2, 0.25) is 0 Å². The minimum Gasteiger partial charge on any atom is -0.430 e. The van der Waals surface area contributed by atoms with Crippen molar-refractivity contribution in [1.82, 2.24) is 0 Å². The van der Waals surface area contributed by atoms with Crippen LogP contribution in [-0.2, 0) is 42.6 Å². The van der Waals surface area contributed by atoms with E-state index in [0.29, 0.717) is 65.1 Å². The number of cyclic esters (lactones) is 4. The van der Waals surface area contributed by atoms with E-state index in [1.807, 2.05) is 41.5 Å². The Balaban J connectivity index is 1.96. The summed E-state index contributed by atoms with van der Waals surface area (Å²) in [6.45, 7) is 24.9. The van der Waals surface area contributed by atoms with Crippen LogP contribution in [0, 0.1) is 5.41 Å². The largest absolute Gasteiger partial charge is 0.508 e. The van der Waals surface area contributed by atoms with Gasteiger partial charge in [0.05, 0.1) is 61.0 Å². The molecule has 0 aromatic heterocycles. The topological polar surface area (TPSA) is 137 Å². The maximum absolute atomic E-state index is 11.3. The summed E-state index contributed by atoms with van der Waals surface area (Å²) in [5, 5.41) is 9.56. The average molecular weight is 677 g/mol. The molecule has 0 saturated carbocycles. The summed E-state index contributed by atoms with van der Waals surface area (Å²) in [6, 6.07) is 0. The molecule has 1 N–H and O–H groups in total. The molecule has 2 unspecified atom stereocenters. The van der Waals surface area contributed by atoms with Crippen molar-refractivity contribution in [2.75, 3.05) is 52.9 Å². The minimum absolute atomic E-state index is 0.0400. The number of aliphatic hydroxyl groups is 1. The molecular formula is C35H64O12. The van der Waals surface area contributed by atoms with Gasteiger partial charge in [0, 0.05) is 24.9 Å². The van der Waals surface area contributed by atoms with Crippen LogP contribution in [0.5, 0.6) is 0 Å². The van der Waals surface area contributed by atoms with Gasteiger partial charge in [0.25, 0.3) is 0 Å². The summed E-state index contributed by atoms with van der Waals surface area (Å²) in [4.78, 5) is 22.6. The van der Waals surface area contributed by atoms with E-state index in [1.165, 1.54) is 0 Å². The second-order valence-corrected chi connectivity index (χ2v) is 16.2. The average Bonchev–Trinajstić information content (AvgIpc) is 3.53. The van der Waals surface area contributed by atoms with Gasteiger partial charge < -0.3 is 47.7 Å². The highest BCUT2D eigenvalue weighted by atomic mass is 16.8. The Kier molecular flexibility index (Phi) is 15.3. The zero-order valence-electron chi connectivity index (χ0n) is 31.0. The van der Waals surface area contributed by atoms with Gasteiger partial charge in [-0.15, -0.1) is 0 Å². The lowest BCUT2D eigenvalue weighted by Gasteiger charge is -2.41. The van der Waals surface area contributed by atoms with E-state index in [-0.39, 0.29) is 32.0 Å². The molecule has 2 saturated heterocycles.